The first-order valence-electron chi connectivity index (χ1n) is 21.9. The Hall–Kier alpha value is -5.10. The summed E-state index contributed by atoms with van der Waals surface area (Å²) in [5, 5.41) is 14.5. The first-order valence-corrected chi connectivity index (χ1v) is 35.4. The first-order chi connectivity index (χ1) is 30.3. The maximum atomic E-state index is 13.2. The van der Waals surface area contributed by atoms with E-state index < -0.39 is 26.5 Å². The fourth-order valence-corrected chi connectivity index (χ4v) is 39.7. The van der Waals surface area contributed by atoms with Gasteiger partial charge < -0.3 is 4.98 Å². The average molecular weight is 1140 g/mol. The second kappa shape index (κ2) is 18.1. The second-order valence-electron chi connectivity index (χ2n) is 18.7. The van der Waals surface area contributed by atoms with E-state index in [1.54, 1.807) is 39.3 Å². The predicted octanol–water partition coefficient (Wildman–Crippen LogP) is 13.7. The molecule has 64 heavy (non-hydrogen) atoms. The number of aromatic nitrogens is 3. The van der Waals surface area contributed by atoms with Crippen molar-refractivity contribution in [2.45, 2.75) is 73.1 Å². The number of nitriles is 1. The number of hydrogen-bond acceptors (Lipinski definition) is 4. The Kier molecular flexibility index (Phi) is 12.8. The largest absolute Gasteiger partial charge is 0.305 e. The first kappa shape index (κ1) is 45.5. The van der Waals surface area contributed by atoms with Gasteiger partial charge in [0.15, 0.2) is 0 Å². The molecular formula is C55H51FGe2IrN4O-2. The summed E-state index contributed by atoms with van der Waals surface area (Å²) >= 11 is -4.08. The van der Waals surface area contributed by atoms with E-state index in [0.29, 0.717) is 22.4 Å². The van der Waals surface area contributed by atoms with E-state index in [0.717, 1.165) is 38.8 Å². The summed E-state index contributed by atoms with van der Waals surface area (Å²) in [5.74, 6) is 11.5. The Morgan fingerprint density at radius 3 is 2.11 bits per heavy atom. The van der Waals surface area contributed by atoms with Crippen LogP contribution in [0.5, 0.6) is 0 Å². The zero-order valence-corrected chi connectivity index (χ0v) is 44.2. The van der Waals surface area contributed by atoms with Gasteiger partial charge in [0.25, 0.3) is 0 Å². The Balaban J connectivity index is 0.000000343. The topological polar surface area (TPSA) is 67.6 Å². The van der Waals surface area contributed by atoms with Gasteiger partial charge in [-0.25, -0.2) is 0 Å². The van der Waals surface area contributed by atoms with Gasteiger partial charge >= 0.3 is 250 Å². The van der Waals surface area contributed by atoms with Crippen molar-refractivity contribution < 1.29 is 28.9 Å². The van der Waals surface area contributed by atoms with Crippen LogP contribution in [0.4, 0.5) is 4.39 Å². The van der Waals surface area contributed by atoms with Gasteiger partial charge in [0, 0.05) is 37.5 Å². The van der Waals surface area contributed by atoms with Gasteiger partial charge in [0.05, 0.1) is 11.6 Å². The molecule has 6 aromatic carbocycles. The van der Waals surface area contributed by atoms with Gasteiger partial charge in [0.2, 0.25) is 0 Å². The number of fused-ring (bicyclic) bond motifs is 5. The molecule has 10 rings (SSSR count). The van der Waals surface area contributed by atoms with Crippen LogP contribution < -0.4 is 8.79 Å². The number of benzene rings is 6. The number of nitrogens with zero attached hydrogens (tertiary/aromatic N) is 4. The van der Waals surface area contributed by atoms with Crippen molar-refractivity contribution in [1.82, 2.24) is 14.5 Å². The van der Waals surface area contributed by atoms with Gasteiger partial charge in [-0.05, 0) is 23.9 Å². The molecule has 0 aliphatic carbocycles. The van der Waals surface area contributed by atoms with Crippen LogP contribution in [0.3, 0.4) is 0 Å². The molecular weight excluding hydrogens is 1090 g/mol. The number of para-hydroxylation sites is 2. The molecule has 1 radical (unpaired) electrons. The van der Waals surface area contributed by atoms with Crippen molar-refractivity contribution >= 4 is 68.3 Å². The minimum absolute atomic E-state index is 0. The zero-order chi connectivity index (χ0) is 44.2. The molecule has 9 heteroatoms. The van der Waals surface area contributed by atoms with Gasteiger partial charge in [-0.3, -0.25) is 4.39 Å². The van der Waals surface area contributed by atoms with E-state index >= 15 is 0 Å². The van der Waals surface area contributed by atoms with E-state index in [4.69, 9.17) is 9.40 Å². The Morgan fingerprint density at radius 2 is 1.42 bits per heavy atom. The molecule has 323 valence electrons. The standard InChI is InChI=1S/C44H44Ge2N3O.C11H7FN.Ir/c1-27(2)35-23-31(30-17-19-37-38(25-30)46(7,8)21-20-45(37,5)6)24-36(28(3)4)42(35)49-40-15-10-9-14-39(40)48-44(49)34-13-11-12-33-32-18-16-29(26-47)22-41(32)50-43(33)34;12-10-6-2-1-5-9(10)11-7-3-4-8-13-11;/h9-12,14-19,22-25,27-28H,20-21H2,1-8H3;1-4,6-8H;/q2*-1;. The molecule has 4 heterocycles. The van der Waals surface area contributed by atoms with Crippen molar-refractivity contribution in [2.75, 3.05) is 0 Å². The van der Waals surface area contributed by atoms with Crippen LogP contribution in [0, 0.1) is 29.3 Å². The monoisotopic (exact) mass is 1140 g/mol. The summed E-state index contributed by atoms with van der Waals surface area (Å²) in [7, 11) is 0. The molecule has 1 aliphatic heterocycles. The fourth-order valence-electron chi connectivity index (χ4n) is 9.27. The molecule has 0 amide bonds. The third-order valence-electron chi connectivity index (χ3n) is 12.9. The van der Waals surface area contributed by atoms with Gasteiger partial charge in [-0.15, -0.1) is 30.3 Å². The van der Waals surface area contributed by atoms with E-state index in [1.807, 2.05) is 36.4 Å². The quantitative estimate of drug-likeness (QED) is 0.123. The number of rotatable bonds is 6. The second-order valence-corrected chi connectivity index (χ2v) is 38.9. The van der Waals surface area contributed by atoms with Gasteiger partial charge in [-0.2, -0.15) is 5.26 Å². The molecule has 9 aromatic rings. The SMILES string of the molecule is CC(C)c1cc(-c2cc[c]3[c](c2)[Ge]([CH3])([CH3])[CH2][CH2][Ge]3([CH3])[CH3])cc(C(C)C)c1-n1c(-c2[c-]ccc3c2oc2cc(C#N)ccc23)nc2ccccc21.Fc1ccc[c-]c1-c1ccccn1.[Ir]. The summed E-state index contributed by atoms with van der Waals surface area (Å²) in [6.07, 6.45) is 1.63. The number of imidazole rings is 1. The van der Waals surface area contributed by atoms with Gasteiger partial charge in [0.1, 0.15) is 5.58 Å². The third kappa shape index (κ3) is 8.35. The van der Waals surface area contributed by atoms with Gasteiger partial charge in [-0.1, -0.05) is 23.8 Å². The van der Waals surface area contributed by atoms with E-state index in [2.05, 4.69) is 133 Å². The fraction of sp³-hybridized carbons (Fsp3) is 0.218. The molecule has 0 fully saturated rings. The normalized spacial score (nSPS) is 14.0. The summed E-state index contributed by atoms with van der Waals surface area (Å²) in [4.78, 5) is 9.34. The molecule has 5 nitrogen and oxygen atoms in total. The van der Waals surface area contributed by atoms with Crippen molar-refractivity contribution in [2.24, 2.45) is 0 Å². The van der Waals surface area contributed by atoms with Crippen LogP contribution in [0.25, 0.3) is 72.4 Å². The summed E-state index contributed by atoms with van der Waals surface area (Å²) in [6.45, 7) is 9.25. The van der Waals surface area contributed by atoms with Crippen LogP contribution in [0.1, 0.15) is 56.2 Å². The molecule has 0 unspecified atom stereocenters. The molecule has 0 atom stereocenters. The van der Waals surface area contributed by atoms with Crippen LogP contribution in [-0.4, -0.2) is 41.1 Å². The zero-order valence-electron chi connectivity index (χ0n) is 37.6. The Bertz CT molecular complexity index is 3210. The predicted molar refractivity (Wildman–Crippen MR) is 263 cm³/mol. The van der Waals surface area contributed by atoms with Crippen LogP contribution in [-0.2, 0) is 20.1 Å². The van der Waals surface area contributed by atoms with Crippen molar-refractivity contribution in [3.63, 3.8) is 0 Å². The van der Waals surface area contributed by atoms with Crippen molar-refractivity contribution in [1.29, 1.82) is 5.26 Å². The number of furan rings is 1. The van der Waals surface area contributed by atoms with Crippen molar-refractivity contribution in [3.8, 4) is 45.5 Å². The minimum Gasteiger partial charge on any atom is -0.305 e. The number of hydrogen-bond donors (Lipinski definition) is 0. The summed E-state index contributed by atoms with van der Waals surface area (Å²) in [6, 6.07) is 49.2. The summed E-state index contributed by atoms with van der Waals surface area (Å²) < 4.78 is 25.6. The molecule has 0 bridgehead atoms. The summed E-state index contributed by atoms with van der Waals surface area (Å²) in [5.41, 5.74) is 12.3. The Morgan fingerprint density at radius 1 is 0.719 bits per heavy atom. The minimum atomic E-state index is -2.09. The Labute approximate surface area is 394 Å². The van der Waals surface area contributed by atoms with Crippen molar-refractivity contribution in [3.05, 3.63) is 162 Å². The molecule has 1 aliphatic rings. The number of pyridine rings is 1. The number of halogens is 1. The molecule has 0 spiro atoms. The van der Waals surface area contributed by atoms with E-state index in [-0.39, 0.29) is 37.8 Å². The maximum Gasteiger partial charge on any atom is 0.0380 e. The maximum absolute atomic E-state index is 13.2. The molecule has 0 saturated carbocycles. The van der Waals surface area contributed by atoms with Crippen LogP contribution in [0.15, 0.2) is 132 Å². The van der Waals surface area contributed by atoms with E-state index in [9.17, 15) is 9.65 Å². The van der Waals surface area contributed by atoms with Crippen LogP contribution >= 0.6 is 0 Å². The molecule has 0 N–H and O–H groups in total. The van der Waals surface area contributed by atoms with E-state index in [1.165, 1.54) is 44.5 Å². The average Bonchev–Trinajstić information content (AvgIpc) is 3.86. The van der Waals surface area contributed by atoms with Crippen LogP contribution in [0.2, 0.25) is 33.5 Å². The molecule has 0 saturated heterocycles. The molecule has 3 aromatic heterocycles. The third-order valence-corrected chi connectivity index (χ3v) is 30.4. The smallest absolute Gasteiger partial charge is 0.0380 e.